The number of amides is 1. The Hall–Kier alpha value is -2.60. The van der Waals surface area contributed by atoms with Gasteiger partial charge >= 0.3 is 0 Å². The molecule has 0 aliphatic carbocycles. The molecule has 1 atom stereocenters. The number of fused-ring (bicyclic) bond motifs is 1. The zero-order valence-electron chi connectivity index (χ0n) is 16.6. The molecule has 1 N–H and O–H groups in total. The molecule has 0 radical (unpaired) electrons. The van der Waals surface area contributed by atoms with Gasteiger partial charge in [-0.3, -0.25) is 4.79 Å². The van der Waals surface area contributed by atoms with Gasteiger partial charge < -0.3 is 9.88 Å². The Balaban J connectivity index is 1.50. The molecule has 150 valence electrons. The molecule has 1 aromatic heterocycles. The van der Waals surface area contributed by atoms with E-state index in [2.05, 4.69) is 20.1 Å². The van der Waals surface area contributed by atoms with E-state index < -0.39 is 0 Å². The van der Waals surface area contributed by atoms with Crippen LogP contribution in [0.1, 0.15) is 49.2 Å². The highest BCUT2D eigenvalue weighted by molar-refractivity contribution is 8.00. The average Bonchev–Trinajstić information content (AvgIpc) is 2.98. The van der Waals surface area contributed by atoms with E-state index in [0.717, 1.165) is 47.9 Å². The van der Waals surface area contributed by atoms with E-state index in [1.165, 1.54) is 18.2 Å². The zero-order chi connectivity index (χ0) is 20.1. The first kappa shape index (κ1) is 19.7. The number of hydrogen-bond acceptors (Lipinski definition) is 4. The highest BCUT2D eigenvalue weighted by atomic mass is 32.2. The fourth-order valence-corrected chi connectivity index (χ4v) is 4.57. The maximum atomic E-state index is 13.1. The molecule has 1 amide bonds. The molecule has 0 fully saturated rings. The van der Waals surface area contributed by atoms with Crippen molar-refractivity contribution >= 4 is 17.7 Å². The number of hydrogen-bond donors (Lipinski definition) is 1. The van der Waals surface area contributed by atoms with E-state index in [1.807, 2.05) is 67.6 Å². The Labute approximate surface area is 175 Å². The Bertz CT molecular complexity index is 903. The maximum Gasteiger partial charge on any atom is 0.234 e. The first-order valence-corrected chi connectivity index (χ1v) is 11.1. The van der Waals surface area contributed by atoms with Crippen LogP contribution in [0, 0.1) is 0 Å². The van der Waals surface area contributed by atoms with E-state index in [0.29, 0.717) is 0 Å². The van der Waals surface area contributed by atoms with E-state index in [-0.39, 0.29) is 17.2 Å². The SMILES string of the molecule is CC(Sc1nnc2n1CCCCC2)C(=O)NC(c1ccccc1)c1ccccc1. The number of carbonyl (C=O) groups is 1. The maximum absolute atomic E-state index is 13.1. The quantitative estimate of drug-likeness (QED) is 0.617. The summed E-state index contributed by atoms with van der Waals surface area (Å²) >= 11 is 1.49. The standard InChI is InChI=1S/C23H26N4OS/c1-17(29-23-26-25-20-15-9-4-10-16-27(20)23)22(28)24-21(18-11-5-2-6-12-18)19-13-7-3-8-14-19/h2-3,5-8,11-14,17,21H,4,9-10,15-16H2,1H3,(H,24,28). The summed E-state index contributed by atoms with van der Waals surface area (Å²) in [7, 11) is 0. The molecule has 1 aliphatic rings. The summed E-state index contributed by atoms with van der Waals surface area (Å²) in [5, 5.41) is 12.5. The summed E-state index contributed by atoms with van der Waals surface area (Å²) < 4.78 is 2.19. The van der Waals surface area contributed by atoms with Crippen LogP contribution in [0.15, 0.2) is 65.8 Å². The third-order valence-electron chi connectivity index (χ3n) is 5.28. The van der Waals surface area contributed by atoms with Gasteiger partial charge in [-0.2, -0.15) is 0 Å². The number of aromatic nitrogens is 3. The van der Waals surface area contributed by atoms with Gasteiger partial charge in [0.05, 0.1) is 11.3 Å². The number of nitrogens with one attached hydrogen (secondary N) is 1. The predicted molar refractivity (Wildman–Crippen MR) is 116 cm³/mol. The van der Waals surface area contributed by atoms with Gasteiger partial charge in [-0.1, -0.05) is 78.8 Å². The molecule has 0 bridgehead atoms. The fourth-order valence-electron chi connectivity index (χ4n) is 3.67. The van der Waals surface area contributed by atoms with Crippen LogP contribution in [-0.4, -0.2) is 25.9 Å². The first-order valence-electron chi connectivity index (χ1n) is 10.2. The number of nitrogens with zero attached hydrogens (tertiary/aromatic N) is 3. The summed E-state index contributed by atoms with van der Waals surface area (Å²) in [5.41, 5.74) is 2.14. The minimum Gasteiger partial charge on any atom is -0.344 e. The van der Waals surface area contributed by atoms with Gasteiger partial charge in [-0.05, 0) is 30.9 Å². The summed E-state index contributed by atoms with van der Waals surface area (Å²) in [6.07, 6.45) is 4.50. The van der Waals surface area contributed by atoms with Gasteiger partial charge in [0.2, 0.25) is 5.91 Å². The molecule has 0 saturated carbocycles. The van der Waals surface area contributed by atoms with E-state index in [4.69, 9.17) is 0 Å². The molecular formula is C23H26N4OS. The van der Waals surface area contributed by atoms with Crippen molar-refractivity contribution in [2.45, 2.75) is 55.6 Å². The fraction of sp³-hybridized carbons (Fsp3) is 0.348. The molecule has 2 aromatic carbocycles. The molecule has 0 spiro atoms. The normalized spacial score (nSPS) is 14.8. The third-order valence-corrected chi connectivity index (χ3v) is 6.36. The summed E-state index contributed by atoms with van der Waals surface area (Å²) in [6, 6.07) is 20.0. The van der Waals surface area contributed by atoms with E-state index in [9.17, 15) is 4.79 Å². The Morgan fingerprint density at radius 2 is 1.62 bits per heavy atom. The van der Waals surface area contributed by atoms with Crippen LogP contribution in [0.3, 0.4) is 0 Å². The lowest BCUT2D eigenvalue weighted by atomic mass is 9.98. The molecule has 5 nitrogen and oxygen atoms in total. The second-order valence-electron chi connectivity index (χ2n) is 7.38. The van der Waals surface area contributed by atoms with Crippen LogP contribution in [0.2, 0.25) is 0 Å². The Morgan fingerprint density at radius 1 is 0.966 bits per heavy atom. The predicted octanol–water partition coefficient (Wildman–Crippen LogP) is 4.39. The molecule has 0 saturated heterocycles. The Morgan fingerprint density at radius 3 is 2.28 bits per heavy atom. The molecule has 4 rings (SSSR count). The van der Waals surface area contributed by atoms with Crippen molar-refractivity contribution < 1.29 is 4.79 Å². The first-order chi connectivity index (χ1) is 14.2. The summed E-state index contributed by atoms with van der Waals surface area (Å²) in [4.78, 5) is 13.1. The molecule has 1 unspecified atom stereocenters. The molecule has 29 heavy (non-hydrogen) atoms. The van der Waals surface area contributed by atoms with Crippen molar-refractivity contribution in [2.75, 3.05) is 0 Å². The molecule has 6 heteroatoms. The van der Waals surface area contributed by atoms with Crippen LogP contribution in [-0.2, 0) is 17.8 Å². The van der Waals surface area contributed by atoms with Crippen molar-refractivity contribution in [3.05, 3.63) is 77.6 Å². The smallest absolute Gasteiger partial charge is 0.234 e. The summed E-state index contributed by atoms with van der Waals surface area (Å²) in [5.74, 6) is 1.04. The minimum absolute atomic E-state index is 0.00122. The second kappa shape index (κ2) is 9.27. The number of rotatable bonds is 6. The Kier molecular flexibility index (Phi) is 6.30. The lowest BCUT2D eigenvalue weighted by molar-refractivity contribution is -0.120. The van der Waals surface area contributed by atoms with Gasteiger partial charge in [0.25, 0.3) is 0 Å². The monoisotopic (exact) mass is 406 g/mol. The van der Waals surface area contributed by atoms with Crippen LogP contribution >= 0.6 is 11.8 Å². The number of thioether (sulfide) groups is 1. The number of carbonyl (C=O) groups excluding carboxylic acids is 1. The third kappa shape index (κ3) is 4.70. The van der Waals surface area contributed by atoms with Gasteiger partial charge in [-0.15, -0.1) is 10.2 Å². The van der Waals surface area contributed by atoms with Crippen molar-refractivity contribution in [1.29, 1.82) is 0 Å². The van der Waals surface area contributed by atoms with Gasteiger partial charge in [0.15, 0.2) is 5.16 Å². The highest BCUT2D eigenvalue weighted by Gasteiger charge is 2.24. The van der Waals surface area contributed by atoms with Crippen molar-refractivity contribution in [3.8, 4) is 0 Å². The van der Waals surface area contributed by atoms with Gasteiger partial charge in [0.1, 0.15) is 5.82 Å². The number of aryl methyl sites for hydroxylation is 1. The molecule has 3 aromatic rings. The second-order valence-corrected chi connectivity index (χ2v) is 8.69. The highest BCUT2D eigenvalue weighted by Crippen LogP contribution is 2.27. The van der Waals surface area contributed by atoms with E-state index >= 15 is 0 Å². The minimum atomic E-state index is -0.263. The average molecular weight is 407 g/mol. The lowest BCUT2D eigenvalue weighted by Crippen LogP contribution is -2.35. The zero-order valence-corrected chi connectivity index (χ0v) is 17.4. The van der Waals surface area contributed by atoms with Crippen LogP contribution in [0.4, 0.5) is 0 Å². The lowest BCUT2D eigenvalue weighted by Gasteiger charge is -2.22. The van der Waals surface area contributed by atoms with Crippen molar-refractivity contribution in [2.24, 2.45) is 0 Å². The van der Waals surface area contributed by atoms with Crippen LogP contribution in [0.25, 0.3) is 0 Å². The molecule has 2 heterocycles. The summed E-state index contributed by atoms with van der Waals surface area (Å²) in [6.45, 7) is 2.88. The van der Waals surface area contributed by atoms with Crippen molar-refractivity contribution in [1.82, 2.24) is 20.1 Å². The molecular weight excluding hydrogens is 380 g/mol. The molecule has 1 aliphatic heterocycles. The number of benzene rings is 2. The van der Waals surface area contributed by atoms with Crippen molar-refractivity contribution in [3.63, 3.8) is 0 Å². The van der Waals surface area contributed by atoms with Gasteiger partial charge in [0, 0.05) is 13.0 Å². The van der Waals surface area contributed by atoms with Crippen LogP contribution in [0.5, 0.6) is 0 Å². The van der Waals surface area contributed by atoms with Gasteiger partial charge in [-0.25, -0.2) is 0 Å². The largest absolute Gasteiger partial charge is 0.344 e. The topological polar surface area (TPSA) is 59.8 Å². The van der Waals surface area contributed by atoms with Crippen LogP contribution < -0.4 is 5.32 Å². The van der Waals surface area contributed by atoms with E-state index in [1.54, 1.807) is 0 Å².